The van der Waals surface area contributed by atoms with Gasteiger partial charge in [-0.1, -0.05) is 18.7 Å². The van der Waals surface area contributed by atoms with Crippen molar-refractivity contribution >= 4 is 12.5 Å². The van der Waals surface area contributed by atoms with Crippen LogP contribution < -0.4 is 0 Å². The molecule has 0 saturated carbocycles. The number of carboxylic acid groups (broad SMARTS) is 1. The summed E-state index contributed by atoms with van der Waals surface area (Å²) in [4.78, 5) is 12.2. The summed E-state index contributed by atoms with van der Waals surface area (Å²) in [5.74, 6) is 0. The lowest BCUT2D eigenvalue weighted by molar-refractivity contribution is -0.122. The topological polar surface area (TPSA) is 50.2 Å². The molecule has 0 fully saturated rings. The molecule has 1 N–H and O–H groups in total. The van der Waals surface area contributed by atoms with Crippen molar-refractivity contribution in [3.8, 4) is 0 Å². The fraction of sp³-hybridized carbons (Fsp3) is 0. The molecule has 0 unspecified atom stereocenters. The highest BCUT2D eigenvalue weighted by molar-refractivity contribution is 5.44. The van der Waals surface area contributed by atoms with E-state index >= 15 is 0 Å². The molecule has 0 aliphatic heterocycles. The lowest BCUT2D eigenvalue weighted by atomic mass is 10.3. The Labute approximate surface area is 65.0 Å². The number of aromatic nitrogens is 1. The van der Waals surface area contributed by atoms with Gasteiger partial charge in [-0.05, 0) is 11.6 Å². The predicted molar refractivity (Wildman–Crippen MR) is 43.0 cm³/mol. The average Bonchev–Trinajstić information content (AvgIpc) is 2.08. The van der Waals surface area contributed by atoms with Crippen molar-refractivity contribution in [3.63, 3.8) is 0 Å². The van der Waals surface area contributed by atoms with Gasteiger partial charge in [-0.3, -0.25) is 9.78 Å². The summed E-state index contributed by atoms with van der Waals surface area (Å²) in [5.41, 5.74) is 1.06. The standard InChI is InChI=1S/C7H7N.CH2O2/c1-2-7-4-3-5-8-6-7;2-1-3/h2-6H,1H2;1H,(H,2,3). The highest BCUT2D eigenvalue weighted by Gasteiger charge is 1.77. The lowest BCUT2D eigenvalue weighted by Crippen LogP contribution is -1.70. The summed E-state index contributed by atoms with van der Waals surface area (Å²) in [5, 5.41) is 6.89. The highest BCUT2D eigenvalue weighted by atomic mass is 16.3. The number of pyridine rings is 1. The quantitative estimate of drug-likeness (QED) is 0.617. The molecule has 3 heteroatoms. The summed E-state index contributed by atoms with van der Waals surface area (Å²) < 4.78 is 0. The third-order valence-electron chi connectivity index (χ3n) is 0.920. The fourth-order valence-corrected chi connectivity index (χ4v) is 0.497. The molecule has 1 aromatic rings. The van der Waals surface area contributed by atoms with Crippen LogP contribution in [0.5, 0.6) is 0 Å². The summed E-state index contributed by atoms with van der Waals surface area (Å²) >= 11 is 0. The van der Waals surface area contributed by atoms with Gasteiger partial charge in [-0.25, -0.2) is 0 Å². The van der Waals surface area contributed by atoms with E-state index < -0.39 is 0 Å². The maximum absolute atomic E-state index is 8.36. The number of hydrogen-bond acceptors (Lipinski definition) is 2. The van der Waals surface area contributed by atoms with Gasteiger partial charge in [-0.15, -0.1) is 0 Å². The highest BCUT2D eigenvalue weighted by Crippen LogP contribution is 1.94. The van der Waals surface area contributed by atoms with Crippen LogP contribution in [0, 0.1) is 0 Å². The van der Waals surface area contributed by atoms with Gasteiger partial charge in [0.25, 0.3) is 6.47 Å². The van der Waals surface area contributed by atoms with E-state index in [0.717, 1.165) is 5.56 Å². The molecule has 0 radical (unpaired) electrons. The van der Waals surface area contributed by atoms with E-state index in [2.05, 4.69) is 11.6 Å². The molecule has 0 aromatic carbocycles. The Morgan fingerprint density at radius 2 is 2.27 bits per heavy atom. The van der Waals surface area contributed by atoms with Gasteiger partial charge in [0.2, 0.25) is 0 Å². The zero-order valence-corrected chi connectivity index (χ0v) is 5.97. The number of nitrogens with zero attached hydrogens (tertiary/aromatic N) is 1. The molecule has 1 aromatic heterocycles. The Kier molecular flexibility index (Phi) is 5.51. The molecule has 0 amide bonds. The first-order chi connectivity index (χ1) is 5.35. The first kappa shape index (κ1) is 9.36. The van der Waals surface area contributed by atoms with Crippen molar-refractivity contribution in [2.75, 3.05) is 0 Å². The van der Waals surface area contributed by atoms with Gasteiger partial charge in [0.15, 0.2) is 0 Å². The van der Waals surface area contributed by atoms with Crippen LogP contribution in [0.25, 0.3) is 6.08 Å². The molecule has 3 nitrogen and oxygen atoms in total. The first-order valence-electron chi connectivity index (χ1n) is 2.95. The second-order valence-corrected chi connectivity index (χ2v) is 1.60. The molecule has 0 spiro atoms. The van der Waals surface area contributed by atoms with Crippen LogP contribution >= 0.6 is 0 Å². The predicted octanol–water partition coefficient (Wildman–Crippen LogP) is 1.43. The third-order valence-corrected chi connectivity index (χ3v) is 0.920. The van der Waals surface area contributed by atoms with Crippen LogP contribution in [0.3, 0.4) is 0 Å². The van der Waals surface area contributed by atoms with E-state index in [1.807, 2.05) is 12.1 Å². The molecule has 0 aliphatic rings. The monoisotopic (exact) mass is 151 g/mol. The summed E-state index contributed by atoms with van der Waals surface area (Å²) in [7, 11) is 0. The third kappa shape index (κ3) is 4.84. The minimum atomic E-state index is -0.250. The Morgan fingerprint density at radius 1 is 1.64 bits per heavy atom. The molecular weight excluding hydrogens is 142 g/mol. The molecule has 58 valence electrons. The average molecular weight is 151 g/mol. The molecule has 1 heterocycles. The van der Waals surface area contributed by atoms with Crippen molar-refractivity contribution in [1.29, 1.82) is 0 Å². The van der Waals surface area contributed by atoms with Crippen molar-refractivity contribution in [2.24, 2.45) is 0 Å². The minimum absolute atomic E-state index is 0.250. The van der Waals surface area contributed by atoms with Gasteiger partial charge >= 0.3 is 0 Å². The Morgan fingerprint density at radius 3 is 2.55 bits per heavy atom. The summed E-state index contributed by atoms with van der Waals surface area (Å²) in [6.07, 6.45) is 5.28. The molecular formula is C8H9NO2. The number of rotatable bonds is 1. The minimum Gasteiger partial charge on any atom is -0.483 e. The van der Waals surface area contributed by atoms with E-state index in [4.69, 9.17) is 9.90 Å². The number of hydrogen-bond donors (Lipinski definition) is 1. The lowest BCUT2D eigenvalue weighted by Gasteiger charge is -1.84. The second kappa shape index (κ2) is 6.48. The van der Waals surface area contributed by atoms with Crippen molar-refractivity contribution in [2.45, 2.75) is 0 Å². The molecule has 11 heavy (non-hydrogen) atoms. The van der Waals surface area contributed by atoms with E-state index in [9.17, 15) is 0 Å². The summed E-state index contributed by atoms with van der Waals surface area (Å²) in [6, 6.07) is 3.84. The molecule has 0 bridgehead atoms. The van der Waals surface area contributed by atoms with Crippen molar-refractivity contribution in [1.82, 2.24) is 4.98 Å². The van der Waals surface area contributed by atoms with Crippen LogP contribution in [-0.2, 0) is 4.79 Å². The van der Waals surface area contributed by atoms with Gasteiger partial charge < -0.3 is 5.11 Å². The van der Waals surface area contributed by atoms with E-state index in [1.165, 1.54) is 0 Å². The fourth-order valence-electron chi connectivity index (χ4n) is 0.497. The smallest absolute Gasteiger partial charge is 0.290 e. The van der Waals surface area contributed by atoms with Crippen LogP contribution in [-0.4, -0.2) is 16.6 Å². The Balaban J connectivity index is 0.000000292. The molecule has 1 rings (SSSR count). The van der Waals surface area contributed by atoms with Gasteiger partial charge in [-0.2, -0.15) is 0 Å². The SMILES string of the molecule is C=Cc1cccnc1.O=CO. The normalized spacial score (nSPS) is 7.27. The zero-order valence-electron chi connectivity index (χ0n) is 5.97. The van der Waals surface area contributed by atoms with Crippen LogP contribution in [0.4, 0.5) is 0 Å². The second-order valence-electron chi connectivity index (χ2n) is 1.60. The van der Waals surface area contributed by atoms with Crippen molar-refractivity contribution < 1.29 is 9.90 Å². The van der Waals surface area contributed by atoms with E-state index in [1.54, 1.807) is 18.5 Å². The largest absolute Gasteiger partial charge is 0.483 e. The molecule has 0 saturated heterocycles. The van der Waals surface area contributed by atoms with Crippen molar-refractivity contribution in [3.05, 3.63) is 36.7 Å². The van der Waals surface area contributed by atoms with E-state index in [0.29, 0.717) is 0 Å². The Bertz CT molecular complexity index is 209. The molecule has 0 aliphatic carbocycles. The van der Waals surface area contributed by atoms with Gasteiger partial charge in [0.1, 0.15) is 0 Å². The Hall–Kier alpha value is -1.64. The number of carbonyl (C=O) groups is 1. The van der Waals surface area contributed by atoms with Gasteiger partial charge in [0, 0.05) is 12.4 Å². The van der Waals surface area contributed by atoms with Crippen LogP contribution in [0.1, 0.15) is 5.56 Å². The van der Waals surface area contributed by atoms with Gasteiger partial charge in [0.05, 0.1) is 0 Å². The first-order valence-corrected chi connectivity index (χ1v) is 2.95. The van der Waals surface area contributed by atoms with E-state index in [-0.39, 0.29) is 6.47 Å². The maximum Gasteiger partial charge on any atom is 0.290 e. The maximum atomic E-state index is 8.36. The summed E-state index contributed by atoms with van der Waals surface area (Å²) in [6.45, 7) is 3.34. The zero-order chi connectivity index (χ0) is 8.53. The molecule has 0 atom stereocenters. The van der Waals surface area contributed by atoms with Crippen LogP contribution in [0.15, 0.2) is 31.1 Å². The van der Waals surface area contributed by atoms with Crippen LogP contribution in [0.2, 0.25) is 0 Å².